The summed E-state index contributed by atoms with van der Waals surface area (Å²) in [6, 6.07) is 72.0. The molecule has 9 heteroatoms. The predicted molar refractivity (Wildman–Crippen MR) is 247 cm³/mol. The molecule has 0 aliphatic carbocycles. The lowest BCUT2D eigenvalue weighted by atomic mass is 10.4. The monoisotopic (exact) mass is 810 g/mol. The van der Waals surface area contributed by atoms with E-state index in [1.54, 1.807) is 0 Å². The highest BCUT2D eigenvalue weighted by Crippen LogP contribution is 2.40. The van der Waals surface area contributed by atoms with Crippen LogP contribution in [0.3, 0.4) is 0 Å². The van der Waals surface area contributed by atoms with Crippen molar-refractivity contribution < 1.29 is 0 Å². The maximum atomic E-state index is 2.95. The van der Waals surface area contributed by atoms with E-state index >= 15 is 0 Å². The average Bonchev–Trinajstić information content (AvgIpc) is 3.24. The third-order valence-corrected chi connectivity index (χ3v) is 30.6. The second-order valence-corrected chi connectivity index (χ2v) is 30.0. The second kappa shape index (κ2) is 19.8. The van der Waals surface area contributed by atoms with Gasteiger partial charge in [-0.3, -0.25) is 0 Å². The van der Waals surface area contributed by atoms with Crippen molar-refractivity contribution in [3.63, 3.8) is 0 Å². The fourth-order valence-electron chi connectivity index (χ4n) is 7.63. The molecule has 6 aromatic carbocycles. The summed E-state index contributed by atoms with van der Waals surface area (Å²) in [6.07, 6.45) is 3.71. The van der Waals surface area contributed by atoms with Crippen LogP contribution in [0.25, 0.3) is 0 Å². The molecule has 0 atom stereocenters. The van der Waals surface area contributed by atoms with Gasteiger partial charge in [-0.2, -0.15) is 0 Å². The van der Waals surface area contributed by atoms with E-state index in [1.807, 2.05) is 0 Å². The van der Waals surface area contributed by atoms with Crippen LogP contribution in [0.4, 0.5) is 0 Å². The summed E-state index contributed by atoms with van der Waals surface area (Å²) in [6.45, 7) is 0. The van der Waals surface area contributed by atoms with E-state index in [0.717, 1.165) is 0 Å². The van der Waals surface area contributed by atoms with Gasteiger partial charge in [-0.05, 0) is 113 Å². The van der Waals surface area contributed by atoms with E-state index in [1.165, 1.54) is 68.4 Å². The molecule has 1 aliphatic heterocycles. The van der Waals surface area contributed by atoms with Crippen molar-refractivity contribution in [3.8, 4) is 0 Å². The number of hydrogen-bond acceptors (Lipinski definition) is 3. The first-order chi connectivity index (χ1) is 26.6. The van der Waals surface area contributed by atoms with E-state index in [0.29, 0.717) is 0 Å². The maximum absolute atomic E-state index is 2.95. The van der Waals surface area contributed by atoms with Gasteiger partial charge in [0.15, 0.2) is 0 Å². The molecular formula is C45H51N3P3Si3. The van der Waals surface area contributed by atoms with Gasteiger partial charge >= 0.3 is 0 Å². The van der Waals surface area contributed by atoms with E-state index in [4.69, 9.17) is 0 Å². The van der Waals surface area contributed by atoms with Crippen LogP contribution in [0, 0.1) is 0 Å². The molecule has 0 aromatic heterocycles. The van der Waals surface area contributed by atoms with E-state index in [-0.39, 0.29) is 0 Å². The van der Waals surface area contributed by atoms with Crippen molar-refractivity contribution in [2.75, 3.05) is 39.6 Å². The zero-order chi connectivity index (χ0) is 37.1. The van der Waals surface area contributed by atoms with Crippen LogP contribution in [0.1, 0.15) is 0 Å². The highest BCUT2D eigenvalue weighted by Gasteiger charge is 2.46. The summed E-state index contributed by atoms with van der Waals surface area (Å²) in [5.74, 6) is 0. The number of benzene rings is 6. The van der Waals surface area contributed by atoms with Crippen LogP contribution < -0.4 is 31.8 Å². The highest BCUT2D eigenvalue weighted by molar-refractivity contribution is 7.73. The topological polar surface area (TPSA) is 9.72 Å². The van der Waals surface area contributed by atoms with Gasteiger partial charge in [-0.25, -0.2) is 0 Å². The zero-order valence-electron chi connectivity index (χ0n) is 31.7. The van der Waals surface area contributed by atoms with E-state index in [9.17, 15) is 0 Å². The number of hydrogen-bond donors (Lipinski definition) is 0. The van der Waals surface area contributed by atoms with Gasteiger partial charge in [0.2, 0.25) is 27.4 Å². The van der Waals surface area contributed by atoms with Crippen LogP contribution in [0.2, 0.25) is 18.1 Å². The van der Waals surface area contributed by atoms with Crippen LogP contribution in [-0.4, -0.2) is 79.7 Å². The summed E-state index contributed by atoms with van der Waals surface area (Å²) < 4.78 is 8.86. The van der Waals surface area contributed by atoms with Crippen LogP contribution in [0.5, 0.6) is 0 Å². The van der Waals surface area contributed by atoms with Gasteiger partial charge in [-0.15, -0.1) is 0 Å². The lowest BCUT2D eigenvalue weighted by molar-refractivity contribution is 0.527. The van der Waals surface area contributed by atoms with Gasteiger partial charge in [0.25, 0.3) is 0 Å². The fourth-order valence-corrected chi connectivity index (χ4v) is 30.9. The fraction of sp³-hybridized carbons (Fsp3) is 0.200. The molecule has 3 radical (unpaired) electrons. The predicted octanol–water partition coefficient (Wildman–Crippen LogP) is 7.66. The maximum Gasteiger partial charge on any atom is 0.216 e. The third kappa shape index (κ3) is 9.74. The molecule has 0 saturated carbocycles. The molecular weight excluding hydrogens is 760 g/mol. The van der Waals surface area contributed by atoms with Gasteiger partial charge in [-0.1, -0.05) is 182 Å². The average molecular weight is 811 g/mol. The quantitative estimate of drug-likeness (QED) is 0.0780. The summed E-state index contributed by atoms with van der Waals surface area (Å²) >= 11 is 0. The van der Waals surface area contributed by atoms with Crippen molar-refractivity contribution in [2.45, 2.75) is 18.1 Å². The zero-order valence-corrected chi connectivity index (χ0v) is 37.4. The Hall–Kier alpha value is -2.86. The molecule has 7 rings (SSSR count). The van der Waals surface area contributed by atoms with Gasteiger partial charge in [0.05, 0.1) is 0 Å². The molecule has 0 N–H and O–H groups in total. The van der Waals surface area contributed by atoms with Crippen molar-refractivity contribution in [1.29, 1.82) is 0 Å². The lowest BCUT2D eigenvalue weighted by Gasteiger charge is -2.52. The third-order valence-electron chi connectivity index (χ3n) is 10.4. The van der Waals surface area contributed by atoms with Gasteiger partial charge in [0, 0.05) is 0 Å². The molecule has 0 unspecified atom stereocenters. The van der Waals surface area contributed by atoms with Crippen LogP contribution in [0.15, 0.2) is 182 Å². The van der Waals surface area contributed by atoms with Crippen molar-refractivity contribution in [2.24, 2.45) is 0 Å². The lowest BCUT2D eigenvalue weighted by Crippen LogP contribution is -2.75. The Labute approximate surface area is 333 Å². The SMILES string of the molecule is CN1[Si](CCP(c2ccccc2)c2ccccc2)N(C)[Si](CCP(c2ccccc2)c2ccccc2)N(C)[Si]1CCP(c1ccccc1)c1ccccc1. The Bertz CT molecular complexity index is 1610. The molecule has 0 amide bonds. The molecule has 1 fully saturated rings. The minimum Gasteiger partial charge on any atom is -0.325 e. The Kier molecular flexibility index (Phi) is 14.5. The molecule has 54 heavy (non-hydrogen) atoms. The van der Waals surface area contributed by atoms with Gasteiger partial charge in [0.1, 0.15) is 0 Å². The van der Waals surface area contributed by atoms with Crippen LogP contribution >= 0.6 is 23.8 Å². The Morgan fingerprint density at radius 2 is 0.463 bits per heavy atom. The first-order valence-corrected chi connectivity index (χ1v) is 28.4. The molecule has 1 saturated heterocycles. The molecule has 6 aromatic rings. The largest absolute Gasteiger partial charge is 0.325 e. The summed E-state index contributed by atoms with van der Waals surface area (Å²) in [4.78, 5) is 0. The van der Waals surface area contributed by atoms with E-state index < -0.39 is 51.1 Å². The summed E-state index contributed by atoms with van der Waals surface area (Å²) in [7, 11) is 3.42. The molecule has 3 nitrogen and oxygen atoms in total. The highest BCUT2D eigenvalue weighted by atomic mass is 31.1. The first-order valence-electron chi connectivity index (χ1n) is 19.0. The standard InChI is InChI=1S/C45H51N3P3Si3/c1-46-52(37-34-49(40-22-10-4-11-23-40)41-24-12-5-13-25-41)47(2)54(39-36-51(44-30-18-8-19-31-44)45-32-20-9-21-33-45)48(3)53(46)38-35-50(42-26-14-6-15-27-42)43-28-16-7-17-29-43/h4-33H,34-39H2,1-3H3. The Balaban J connectivity index is 1.18. The Morgan fingerprint density at radius 1 is 0.296 bits per heavy atom. The molecule has 273 valence electrons. The summed E-state index contributed by atoms with van der Waals surface area (Å²) in [5, 5.41) is 9.02. The van der Waals surface area contributed by atoms with E-state index in [2.05, 4.69) is 216 Å². The molecule has 1 aliphatic rings. The Morgan fingerprint density at radius 3 is 0.630 bits per heavy atom. The first kappa shape index (κ1) is 39.4. The smallest absolute Gasteiger partial charge is 0.216 e. The summed E-state index contributed by atoms with van der Waals surface area (Å²) in [5.41, 5.74) is 0. The number of rotatable bonds is 15. The normalized spacial score (nSPS) is 15.4. The van der Waals surface area contributed by atoms with Crippen molar-refractivity contribution in [3.05, 3.63) is 182 Å². The minimum atomic E-state index is -0.946. The molecule has 0 spiro atoms. The van der Waals surface area contributed by atoms with Crippen LogP contribution in [-0.2, 0) is 0 Å². The van der Waals surface area contributed by atoms with Crippen molar-refractivity contribution in [1.82, 2.24) is 12.7 Å². The van der Waals surface area contributed by atoms with Gasteiger partial charge < -0.3 is 12.7 Å². The van der Waals surface area contributed by atoms with Crippen molar-refractivity contribution >= 4 is 83.0 Å². The minimum absolute atomic E-state index is 0.423. The molecule has 0 bridgehead atoms. The molecule has 1 heterocycles. The number of nitrogens with zero attached hydrogens (tertiary/aromatic N) is 3. The second-order valence-electron chi connectivity index (χ2n) is 13.6.